The van der Waals surface area contributed by atoms with Crippen LogP contribution in [0.1, 0.15) is 34.7 Å². The number of Topliss-reactive ketones (excluding diaryl/α,β-unsaturated/α-hetero) is 1. The van der Waals surface area contributed by atoms with Crippen molar-refractivity contribution >= 4 is 17.4 Å². The zero-order chi connectivity index (χ0) is 12.7. The van der Waals surface area contributed by atoms with Crippen LogP contribution in [0.15, 0.2) is 18.2 Å². The van der Waals surface area contributed by atoms with Crippen molar-refractivity contribution in [3.63, 3.8) is 0 Å². The first kappa shape index (κ1) is 11.4. The number of nitrogens with zero attached hydrogens (tertiary/aromatic N) is 1. The van der Waals surface area contributed by atoms with Crippen LogP contribution < -0.4 is 4.90 Å². The Morgan fingerprint density at radius 3 is 2.94 bits per heavy atom. The van der Waals surface area contributed by atoms with E-state index in [1.54, 1.807) is 12.0 Å². The first-order valence-corrected chi connectivity index (χ1v) is 6.17. The lowest BCUT2D eigenvalue weighted by Gasteiger charge is -2.31. The van der Waals surface area contributed by atoms with Crippen molar-refractivity contribution in [2.75, 3.05) is 25.2 Å². The molecule has 94 valence electrons. The highest BCUT2D eigenvalue weighted by molar-refractivity contribution is 6.08. The van der Waals surface area contributed by atoms with Crippen molar-refractivity contribution < 1.29 is 14.3 Å². The number of anilines is 1. The first-order chi connectivity index (χ1) is 8.72. The van der Waals surface area contributed by atoms with Gasteiger partial charge in [-0.1, -0.05) is 12.1 Å². The second kappa shape index (κ2) is 4.21. The van der Waals surface area contributed by atoms with Crippen LogP contribution in [-0.2, 0) is 9.53 Å². The van der Waals surface area contributed by atoms with Gasteiger partial charge in [0.1, 0.15) is 0 Å². The molecule has 1 aromatic carbocycles. The van der Waals surface area contributed by atoms with Crippen LogP contribution in [0.3, 0.4) is 0 Å². The maximum absolute atomic E-state index is 12.1. The van der Waals surface area contributed by atoms with Gasteiger partial charge in [0.15, 0.2) is 5.78 Å². The standard InChI is InChI=1S/C14H15NO3/c1-18-6-5-15-11-4-2-3-10-12(16)7-9(14(10)11)8-13(15)17/h2-4,9H,5-8H2,1H3. The highest BCUT2D eigenvalue weighted by Gasteiger charge is 2.39. The van der Waals surface area contributed by atoms with Gasteiger partial charge in [0.2, 0.25) is 5.91 Å². The van der Waals surface area contributed by atoms with Gasteiger partial charge in [-0.15, -0.1) is 0 Å². The molecule has 0 radical (unpaired) electrons. The summed E-state index contributed by atoms with van der Waals surface area (Å²) in [5.41, 5.74) is 2.77. The second-order valence-corrected chi connectivity index (χ2v) is 4.80. The SMILES string of the molecule is COCCN1C(=O)CC2CC(=O)c3cccc1c32. The fourth-order valence-electron chi connectivity index (χ4n) is 2.95. The average Bonchev–Trinajstić information content (AvgIpc) is 2.67. The topological polar surface area (TPSA) is 46.6 Å². The number of ketones is 1. The minimum absolute atomic E-state index is 0.0926. The third-order valence-electron chi connectivity index (χ3n) is 3.76. The minimum atomic E-state index is 0.0926. The molecule has 1 aliphatic heterocycles. The number of ether oxygens (including phenoxy) is 1. The summed E-state index contributed by atoms with van der Waals surface area (Å²) in [4.78, 5) is 25.8. The van der Waals surface area contributed by atoms with Gasteiger partial charge in [-0.2, -0.15) is 0 Å². The van der Waals surface area contributed by atoms with E-state index < -0.39 is 0 Å². The lowest BCUT2D eigenvalue weighted by atomic mass is 9.91. The summed E-state index contributed by atoms with van der Waals surface area (Å²) in [7, 11) is 1.62. The summed E-state index contributed by atoms with van der Waals surface area (Å²) >= 11 is 0. The summed E-state index contributed by atoms with van der Waals surface area (Å²) in [6, 6.07) is 5.65. The normalized spacial score (nSPS) is 21.4. The van der Waals surface area contributed by atoms with E-state index >= 15 is 0 Å². The number of carbonyl (C=O) groups is 2. The molecule has 4 heteroatoms. The Hall–Kier alpha value is -1.68. The largest absolute Gasteiger partial charge is 0.383 e. The minimum Gasteiger partial charge on any atom is -0.383 e. The molecule has 3 rings (SSSR count). The average molecular weight is 245 g/mol. The Balaban J connectivity index is 2.06. The molecule has 1 atom stereocenters. The molecule has 0 bridgehead atoms. The fourth-order valence-corrected chi connectivity index (χ4v) is 2.95. The fraction of sp³-hybridized carbons (Fsp3) is 0.429. The molecular weight excluding hydrogens is 230 g/mol. The number of hydrogen-bond acceptors (Lipinski definition) is 3. The van der Waals surface area contributed by atoms with Crippen LogP contribution >= 0.6 is 0 Å². The highest BCUT2D eigenvalue weighted by atomic mass is 16.5. The number of amides is 1. The summed E-state index contributed by atoms with van der Waals surface area (Å²) in [6.45, 7) is 1.06. The summed E-state index contributed by atoms with van der Waals surface area (Å²) in [5.74, 6) is 0.352. The molecule has 4 nitrogen and oxygen atoms in total. The van der Waals surface area contributed by atoms with E-state index in [-0.39, 0.29) is 17.6 Å². The van der Waals surface area contributed by atoms with Gasteiger partial charge < -0.3 is 9.64 Å². The molecule has 0 saturated carbocycles. The van der Waals surface area contributed by atoms with Crippen molar-refractivity contribution in [2.45, 2.75) is 18.8 Å². The maximum Gasteiger partial charge on any atom is 0.227 e. The summed E-state index contributed by atoms with van der Waals surface area (Å²) in [6.07, 6.45) is 0.926. The van der Waals surface area contributed by atoms with Crippen LogP contribution in [0.5, 0.6) is 0 Å². The number of hydrogen-bond donors (Lipinski definition) is 0. The molecule has 0 fully saturated rings. The molecule has 0 saturated heterocycles. The third kappa shape index (κ3) is 1.56. The van der Waals surface area contributed by atoms with Gasteiger partial charge in [-0.05, 0) is 11.6 Å². The molecule has 0 N–H and O–H groups in total. The quantitative estimate of drug-likeness (QED) is 0.815. The molecule has 1 unspecified atom stereocenters. The van der Waals surface area contributed by atoms with E-state index in [9.17, 15) is 9.59 Å². The van der Waals surface area contributed by atoms with Crippen molar-refractivity contribution in [2.24, 2.45) is 0 Å². The zero-order valence-corrected chi connectivity index (χ0v) is 10.3. The number of benzene rings is 1. The van der Waals surface area contributed by atoms with E-state index in [0.29, 0.717) is 26.0 Å². The van der Waals surface area contributed by atoms with E-state index in [4.69, 9.17) is 4.74 Å². The van der Waals surface area contributed by atoms with Crippen LogP contribution in [0, 0.1) is 0 Å². The van der Waals surface area contributed by atoms with Gasteiger partial charge in [0.25, 0.3) is 0 Å². The van der Waals surface area contributed by atoms with Gasteiger partial charge in [0, 0.05) is 43.7 Å². The van der Waals surface area contributed by atoms with Crippen molar-refractivity contribution in [1.82, 2.24) is 0 Å². The number of rotatable bonds is 3. The molecule has 1 aliphatic carbocycles. The Labute approximate surface area is 106 Å². The lowest BCUT2D eigenvalue weighted by Crippen LogP contribution is -2.38. The van der Waals surface area contributed by atoms with Crippen LogP contribution in [-0.4, -0.2) is 32.0 Å². The Morgan fingerprint density at radius 1 is 1.33 bits per heavy atom. The smallest absolute Gasteiger partial charge is 0.227 e. The van der Waals surface area contributed by atoms with Crippen molar-refractivity contribution in [1.29, 1.82) is 0 Å². The lowest BCUT2D eigenvalue weighted by molar-refractivity contribution is -0.119. The van der Waals surface area contributed by atoms with Crippen LogP contribution in [0.2, 0.25) is 0 Å². The summed E-state index contributed by atoms with van der Waals surface area (Å²) in [5, 5.41) is 0. The molecule has 18 heavy (non-hydrogen) atoms. The van der Waals surface area contributed by atoms with Crippen molar-refractivity contribution in [3.05, 3.63) is 29.3 Å². The van der Waals surface area contributed by atoms with Crippen LogP contribution in [0.25, 0.3) is 0 Å². The molecule has 1 aromatic rings. The van der Waals surface area contributed by atoms with E-state index in [1.807, 2.05) is 18.2 Å². The molecule has 0 aromatic heterocycles. The number of methoxy groups -OCH3 is 1. The first-order valence-electron chi connectivity index (χ1n) is 6.17. The van der Waals surface area contributed by atoms with Crippen molar-refractivity contribution in [3.8, 4) is 0 Å². The van der Waals surface area contributed by atoms with Crippen LogP contribution in [0.4, 0.5) is 5.69 Å². The monoisotopic (exact) mass is 245 g/mol. The van der Waals surface area contributed by atoms with Gasteiger partial charge >= 0.3 is 0 Å². The van der Waals surface area contributed by atoms with E-state index in [1.165, 1.54) is 0 Å². The third-order valence-corrected chi connectivity index (χ3v) is 3.76. The van der Waals surface area contributed by atoms with Gasteiger partial charge in [-0.25, -0.2) is 0 Å². The maximum atomic E-state index is 12.1. The molecule has 2 aliphatic rings. The van der Waals surface area contributed by atoms with Gasteiger partial charge in [0.05, 0.1) is 6.61 Å². The Morgan fingerprint density at radius 2 is 2.17 bits per heavy atom. The predicted molar refractivity (Wildman–Crippen MR) is 67.0 cm³/mol. The molecule has 1 heterocycles. The molecule has 0 spiro atoms. The van der Waals surface area contributed by atoms with E-state index in [2.05, 4.69) is 0 Å². The molecule has 1 amide bonds. The predicted octanol–water partition coefficient (Wildman–Crippen LogP) is 1.74. The van der Waals surface area contributed by atoms with E-state index in [0.717, 1.165) is 16.8 Å². The highest BCUT2D eigenvalue weighted by Crippen LogP contribution is 2.45. The summed E-state index contributed by atoms with van der Waals surface area (Å²) < 4.78 is 5.04. The zero-order valence-electron chi connectivity index (χ0n) is 10.3. The Kier molecular flexibility index (Phi) is 2.67. The number of carbonyl (C=O) groups excluding carboxylic acids is 2. The van der Waals surface area contributed by atoms with Gasteiger partial charge in [-0.3, -0.25) is 9.59 Å². The molecular formula is C14H15NO3. The second-order valence-electron chi connectivity index (χ2n) is 4.80. The Bertz CT molecular complexity index is 524.